The summed E-state index contributed by atoms with van der Waals surface area (Å²) in [4.78, 5) is 27.1. The topological polar surface area (TPSA) is 84.7 Å². The quantitative estimate of drug-likeness (QED) is 0.827. The van der Waals surface area contributed by atoms with E-state index in [0.29, 0.717) is 30.8 Å². The van der Waals surface area contributed by atoms with Gasteiger partial charge >= 0.3 is 0 Å². The second kappa shape index (κ2) is 8.63. The number of anilines is 1. The Morgan fingerprint density at radius 1 is 1.07 bits per heavy atom. The molecule has 4 rings (SSSR count). The molecule has 2 aliphatic heterocycles. The molecule has 3 N–H and O–H groups in total. The van der Waals surface area contributed by atoms with E-state index in [1.807, 2.05) is 29.2 Å². The van der Waals surface area contributed by atoms with Crippen molar-refractivity contribution in [3.8, 4) is 5.75 Å². The fourth-order valence-corrected chi connectivity index (χ4v) is 3.57. The predicted molar refractivity (Wildman–Crippen MR) is 110 cm³/mol. The highest BCUT2D eigenvalue weighted by atomic mass is 35.5. The molecule has 0 aromatic heterocycles. The number of halogens is 1. The minimum absolute atomic E-state index is 0. The number of ether oxygens (including phenoxy) is 1. The van der Waals surface area contributed by atoms with Gasteiger partial charge in [0.2, 0.25) is 0 Å². The van der Waals surface area contributed by atoms with Gasteiger partial charge in [-0.2, -0.15) is 0 Å². The minimum Gasteiger partial charge on any atom is -0.480 e. The third-order valence-electron chi connectivity index (χ3n) is 5.14. The molecule has 28 heavy (non-hydrogen) atoms. The third-order valence-corrected chi connectivity index (χ3v) is 5.14. The van der Waals surface area contributed by atoms with Gasteiger partial charge in [-0.1, -0.05) is 24.3 Å². The lowest BCUT2D eigenvalue weighted by molar-refractivity contribution is -0.122. The van der Waals surface area contributed by atoms with Gasteiger partial charge in [0.1, 0.15) is 5.75 Å². The van der Waals surface area contributed by atoms with Crippen molar-refractivity contribution in [1.82, 2.24) is 4.90 Å². The maximum Gasteiger partial charge on any atom is 0.265 e. The van der Waals surface area contributed by atoms with E-state index in [1.165, 1.54) is 0 Å². The maximum atomic E-state index is 12.7. The number of rotatable bonds is 3. The van der Waals surface area contributed by atoms with Gasteiger partial charge in [0.15, 0.2) is 6.10 Å². The van der Waals surface area contributed by atoms with Gasteiger partial charge in [-0.25, -0.2) is 0 Å². The van der Waals surface area contributed by atoms with Crippen LogP contribution in [0.2, 0.25) is 0 Å². The van der Waals surface area contributed by atoms with Crippen LogP contribution in [-0.4, -0.2) is 41.9 Å². The first-order chi connectivity index (χ1) is 13.1. The molecular formula is C21H24ClN3O3. The number of carbonyl (C=O) groups is 2. The number of para-hydroxylation sites is 1. The van der Waals surface area contributed by atoms with E-state index in [0.717, 1.165) is 24.2 Å². The van der Waals surface area contributed by atoms with Gasteiger partial charge in [-0.05, 0) is 42.7 Å². The molecule has 0 radical (unpaired) electrons. The lowest BCUT2D eigenvalue weighted by Gasteiger charge is -2.30. The zero-order valence-corrected chi connectivity index (χ0v) is 16.3. The smallest absolute Gasteiger partial charge is 0.265 e. The van der Waals surface area contributed by atoms with Gasteiger partial charge in [-0.15, -0.1) is 12.4 Å². The lowest BCUT2D eigenvalue weighted by atomic mass is 10.0. The van der Waals surface area contributed by atoms with Crippen LogP contribution in [0.15, 0.2) is 48.5 Å². The SMILES string of the molecule is Cl.NC1CCN(C(=O)c2cccc(NC(=O)C3Cc4ccccc4O3)c2)CC1. The van der Waals surface area contributed by atoms with E-state index in [1.54, 1.807) is 24.3 Å². The average Bonchev–Trinajstić information content (AvgIpc) is 3.13. The number of hydrogen-bond donors (Lipinski definition) is 2. The summed E-state index contributed by atoms with van der Waals surface area (Å²) in [5.41, 5.74) is 8.11. The molecule has 7 heteroatoms. The van der Waals surface area contributed by atoms with Crippen LogP contribution in [0.3, 0.4) is 0 Å². The van der Waals surface area contributed by atoms with E-state index in [2.05, 4.69) is 5.32 Å². The molecule has 0 saturated carbocycles. The first-order valence-electron chi connectivity index (χ1n) is 9.30. The molecule has 0 bridgehead atoms. The Morgan fingerprint density at radius 2 is 1.82 bits per heavy atom. The summed E-state index contributed by atoms with van der Waals surface area (Å²) in [6.45, 7) is 1.34. The van der Waals surface area contributed by atoms with Gasteiger partial charge in [-0.3, -0.25) is 9.59 Å². The van der Waals surface area contributed by atoms with Crippen molar-refractivity contribution >= 4 is 29.9 Å². The number of fused-ring (bicyclic) bond motifs is 1. The molecule has 1 saturated heterocycles. The lowest BCUT2D eigenvalue weighted by Crippen LogP contribution is -2.42. The number of hydrogen-bond acceptors (Lipinski definition) is 4. The Kier molecular flexibility index (Phi) is 6.21. The highest BCUT2D eigenvalue weighted by Crippen LogP contribution is 2.28. The van der Waals surface area contributed by atoms with Gasteiger partial charge in [0.05, 0.1) is 0 Å². The van der Waals surface area contributed by atoms with Gasteiger partial charge < -0.3 is 20.7 Å². The van der Waals surface area contributed by atoms with Gasteiger partial charge in [0.25, 0.3) is 11.8 Å². The van der Waals surface area contributed by atoms with Crippen molar-refractivity contribution in [2.24, 2.45) is 5.73 Å². The van der Waals surface area contributed by atoms with Crippen molar-refractivity contribution in [1.29, 1.82) is 0 Å². The van der Waals surface area contributed by atoms with Crippen LogP contribution in [0.1, 0.15) is 28.8 Å². The maximum absolute atomic E-state index is 12.7. The van der Waals surface area contributed by atoms with Crippen LogP contribution >= 0.6 is 12.4 Å². The van der Waals surface area contributed by atoms with Crippen molar-refractivity contribution < 1.29 is 14.3 Å². The molecule has 2 heterocycles. The van der Waals surface area contributed by atoms with Crippen molar-refractivity contribution in [3.05, 3.63) is 59.7 Å². The average molecular weight is 402 g/mol. The molecule has 2 amide bonds. The third kappa shape index (κ3) is 4.29. The van der Waals surface area contributed by atoms with Gasteiger partial charge in [0, 0.05) is 36.8 Å². The van der Waals surface area contributed by atoms with Crippen LogP contribution in [0.4, 0.5) is 5.69 Å². The Labute approximate surface area is 170 Å². The van der Waals surface area contributed by atoms with Crippen LogP contribution in [0.25, 0.3) is 0 Å². The van der Waals surface area contributed by atoms with Crippen LogP contribution in [0, 0.1) is 0 Å². The number of likely N-dealkylation sites (tertiary alicyclic amines) is 1. The minimum atomic E-state index is -0.551. The van der Waals surface area contributed by atoms with Crippen LogP contribution in [0.5, 0.6) is 5.75 Å². The standard InChI is InChI=1S/C21H23N3O3.ClH/c22-16-8-10-24(11-9-16)21(26)15-5-3-6-17(12-15)23-20(25)19-13-14-4-1-2-7-18(14)27-19;/h1-7,12,16,19H,8-11,13,22H2,(H,23,25);1H. The summed E-state index contributed by atoms with van der Waals surface area (Å²) < 4.78 is 5.72. The molecule has 0 aliphatic carbocycles. The molecule has 1 unspecified atom stereocenters. The molecule has 0 spiro atoms. The number of piperidine rings is 1. The summed E-state index contributed by atoms with van der Waals surface area (Å²) >= 11 is 0. The first kappa shape index (κ1) is 20.2. The molecule has 2 aromatic rings. The van der Waals surface area contributed by atoms with E-state index >= 15 is 0 Å². The Bertz CT molecular complexity index is 840. The van der Waals surface area contributed by atoms with Crippen molar-refractivity contribution in [2.75, 3.05) is 18.4 Å². The number of nitrogens with two attached hydrogens (primary N) is 1. The van der Waals surface area contributed by atoms with Crippen molar-refractivity contribution in [3.63, 3.8) is 0 Å². The molecule has 2 aliphatic rings. The van der Waals surface area contributed by atoms with Crippen molar-refractivity contribution in [2.45, 2.75) is 31.4 Å². The number of benzene rings is 2. The summed E-state index contributed by atoms with van der Waals surface area (Å²) in [6, 6.07) is 14.9. The zero-order valence-electron chi connectivity index (χ0n) is 15.5. The molecular weight excluding hydrogens is 378 g/mol. The molecule has 148 valence electrons. The Hall–Kier alpha value is -2.57. The van der Waals surface area contributed by atoms with Crippen LogP contribution < -0.4 is 15.8 Å². The fourth-order valence-electron chi connectivity index (χ4n) is 3.57. The summed E-state index contributed by atoms with van der Waals surface area (Å²) in [7, 11) is 0. The Morgan fingerprint density at radius 3 is 2.57 bits per heavy atom. The predicted octanol–water partition coefficient (Wildman–Crippen LogP) is 2.61. The number of amides is 2. The highest BCUT2D eigenvalue weighted by molar-refractivity contribution is 5.98. The second-order valence-electron chi connectivity index (χ2n) is 7.12. The molecule has 6 nitrogen and oxygen atoms in total. The molecule has 1 atom stereocenters. The number of nitrogens with one attached hydrogen (secondary N) is 1. The molecule has 1 fully saturated rings. The van der Waals surface area contributed by atoms with E-state index < -0.39 is 6.10 Å². The number of carbonyl (C=O) groups excluding carboxylic acids is 2. The number of nitrogens with zero attached hydrogens (tertiary/aromatic N) is 1. The van der Waals surface area contributed by atoms with E-state index in [-0.39, 0.29) is 30.3 Å². The largest absolute Gasteiger partial charge is 0.480 e. The zero-order chi connectivity index (χ0) is 18.8. The van der Waals surface area contributed by atoms with Crippen LogP contribution in [-0.2, 0) is 11.2 Å². The Balaban J connectivity index is 0.00000225. The van der Waals surface area contributed by atoms with E-state index in [9.17, 15) is 9.59 Å². The van der Waals surface area contributed by atoms with E-state index in [4.69, 9.17) is 10.5 Å². The first-order valence-corrected chi connectivity index (χ1v) is 9.30. The summed E-state index contributed by atoms with van der Waals surface area (Å²) in [5, 5.41) is 2.87. The monoisotopic (exact) mass is 401 g/mol. The second-order valence-corrected chi connectivity index (χ2v) is 7.12. The summed E-state index contributed by atoms with van der Waals surface area (Å²) in [5.74, 6) is 0.521. The fraction of sp³-hybridized carbons (Fsp3) is 0.333. The highest BCUT2D eigenvalue weighted by Gasteiger charge is 2.29. The molecule has 2 aromatic carbocycles. The summed E-state index contributed by atoms with van der Waals surface area (Å²) in [6.07, 6.45) is 1.64. The normalized spacial score (nSPS) is 18.6.